The Morgan fingerprint density at radius 2 is 2.41 bits per heavy atom. The van der Waals surface area contributed by atoms with Crippen molar-refractivity contribution in [1.29, 1.82) is 5.26 Å². The van der Waals surface area contributed by atoms with Crippen LogP contribution in [0.3, 0.4) is 0 Å². The van der Waals surface area contributed by atoms with Crippen LogP contribution in [-0.2, 0) is 17.3 Å². The van der Waals surface area contributed by atoms with E-state index in [-0.39, 0.29) is 22.9 Å². The van der Waals surface area contributed by atoms with Gasteiger partial charge in [-0.15, -0.1) is 0 Å². The molecule has 1 saturated carbocycles. The molecule has 5 nitrogen and oxygen atoms in total. The second kappa shape index (κ2) is 2.83. The molecule has 1 heterocycles. The first-order chi connectivity index (χ1) is 7.96. The molecule has 1 unspecified atom stereocenters. The molecule has 0 amide bonds. The van der Waals surface area contributed by atoms with Gasteiger partial charge in [-0.3, -0.25) is 9.48 Å². The number of carbonyl (C=O) groups is 1. The van der Waals surface area contributed by atoms with Crippen LogP contribution >= 0.6 is 0 Å². The van der Waals surface area contributed by atoms with Crippen LogP contribution in [0.15, 0.2) is 0 Å². The van der Waals surface area contributed by atoms with E-state index in [0.717, 1.165) is 4.68 Å². The van der Waals surface area contributed by atoms with Crippen molar-refractivity contribution in [2.75, 3.05) is 0 Å². The standard InChI is InChI=1S/C10H7F2N3O2/c11-10(12)5-1-4(5)8-6(2-13)14-15(9(8)10)3-7(16)17/h4-5H,1,3H2,(H,16,17)/t4-,5?/m0/s1. The zero-order valence-electron chi connectivity index (χ0n) is 8.52. The minimum atomic E-state index is -3.06. The van der Waals surface area contributed by atoms with Gasteiger partial charge in [0.2, 0.25) is 0 Å². The predicted molar refractivity (Wildman–Crippen MR) is 49.3 cm³/mol. The van der Waals surface area contributed by atoms with E-state index in [9.17, 15) is 13.6 Å². The number of nitriles is 1. The maximum absolute atomic E-state index is 13.9. The monoisotopic (exact) mass is 239 g/mol. The molecule has 1 aromatic heterocycles. The van der Waals surface area contributed by atoms with Gasteiger partial charge in [0.15, 0.2) is 5.69 Å². The van der Waals surface area contributed by atoms with Crippen LogP contribution in [0.2, 0.25) is 0 Å². The van der Waals surface area contributed by atoms with E-state index in [2.05, 4.69) is 5.10 Å². The molecule has 0 bridgehead atoms. The molecule has 0 saturated heterocycles. The van der Waals surface area contributed by atoms with Gasteiger partial charge < -0.3 is 5.11 Å². The highest BCUT2D eigenvalue weighted by molar-refractivity contribution is 5.67. The van der Waals surface area contributed by atoms with Crippen LogP contribution in [-0.4, -0.2) is 20.9 Å². The summed E-state index contributed by atoms with van der Waals surface area (Å²) < 4.78 is 28.5. The molecular formula is C10H7F2N3O2. The third-order valence-corrected chi connectivity index (χ3v) is 3.32. The first-order valence-corrected chi connectivity index (χ1v) is 5.07. The van der Waals surface area contributed by atoms with Crippen molar-refractivity contribution in [3.05, 3.63) is 17.0 Å². The van der Waals surface area contributed by atoms with Crippen molar-refractivity contribution >= 4 is 5.97 Å². The van der Waals surface area contributed by atoms with Crippen LogP contribution in [0, 0.1) is 17.2 Å². The summed E-state index contributed by atoms with van der Waals surface area (Å²) in [4.78, 5) is 10.6. The Balaban J connectivity index is 2.18. The average Bonchev–Trinajstić information content (AvgIpc) is 2.89. The fourth-order valence-corrected chi connectivity index (χ4v) is 2.59. The topological polar surface area (TPSA) is 78.9 Å². The summed E-state index contributed by atoms with van der Waals surface area (Å²) in [5.41, 5.74) is -0.188. The molecule has 0 aromatic carbocycles. The third kappa shape index (κ3) is 1.15. The van der Waals surface area contributed by atoms with E-state index < -0.39 is 24.4 Å². The molecule has 1 N–H and O–H groups in total. The summed E-state index contributed by atoms with van der Waals surface area (Å²) in [5, 5.41) is 21.1. The van der Waals surface area contributed by atoms with E-state index in [4.69, 9.17) is 10.4 Å². The Morgan fingerprint density at radius 1 is 1.71 bits per heavy atom. The summed E-state index contributed by atoms with van der Waals surface area (Å²) >= 11 is 0. The van der Waals surface area contributed by atoms with Gasteiger partial charge in [0.05, 0.1) is 0 Å². The van der Waals surface area contributed by atoms with Gasteiger partial charge in [-0.2, -0.15) is 19.1 Å². The lowest BCUT2D eigenvalue weighted by atomic mass is 10.1. The lowest BCUT2D eigenvalue weighted by Crippen LogP contribution is -2.22. The van der Waals surface area contributed by atoms with Crippen LogP contribution in [0.5, 0.6) is 0 Å². The normalized spacial score (nSPS) is 27.1. The van der Waals surface area contributed by atoms with E-state index in [0.29, 0.717) is 6.42 Å². The molecule has 3 rings (SSSR count). The number of rotatable bonds is 2. The van der Waals surface area contributed by atoms with Crippen molar-refractivity contribution in [2.24, 2.45) is 5.92 Å². The van der Waals surface area contributed by atoms with Crippen LogP contribution < -0.4 is 0 Å². The van der Waals surface area contributed by atoms with Crippen molar-refractivity contribution < 1.29 is 18.7 Å². The zero-order valence-corrected chi connectivity index (χ0v) is 8.52. The molecule has 17 heavy (non-hydrogen) atoms. The molecule has 2 atom stereocenters. The predicted octanol–water partition coefficient (Wildman–Crippen LogP) is 1.05. The number of carboxylic acids is 1. The van der Waals surface area contributed by atoms with Crippen LogP contribution in [0.25, 0.3) is 0 Å². The number of hydrogen-bond donors (Lipinski definition) is 1. The molecular weight excluding hydrogens is 232 g/mol. The largest absolute Gasteiger partial charge is 0.480 e. The first kappa shape index (κ1) is 10.2. The van der Waals surface area contributed by atoms with Crippen molar-refractivity contribution in [2.45, 2.75) is 24.8 Å². The molecule has 7 heteroatoms. The Bertz CT molecular complexity index is 573. The Morgan fingerprint density at radius 3 is 3.00 bits per heavy atom. The summed E-state index contributed by atoms with van der Waals surface area (Å²) in [7, 11) is 0. The highest BCUT2D eigenvalue weighted by Gasteiger charge is 2.66. The molecule has 1 aromatic rings. The number of alkyl halides is 2. The minimum Gasteiger partial charge on any atom is -0.480 e. The molecule has 1 fully saturated rings. The zero-order chi connectivity index (χ0) is 12.4. The van der Waals surface area contributed by atoms with Gasteiger partial charge in [0, 0.05) is 11.5 Å². The van der Waals surface area contributed by atoms with Crippen molar-refractivity contribution in [3.8, 4) is 6.07 Å². The summed E-state index contributed by atoms with van der Waals surface area (Å²) in [6.45, 7) is -0.640. The Kier molecular flexibility index (Phi) is 1.70. The fraction of sp³-hybridized carbons (Fsp3) is 0.500. The third-order valence-electron chi connectivity index (χ3n) is 3.32. The number of halogens is 2. The molecule has 2 aliphatic carbocycles. The van der Waals surface area contributed by atoms with Crippen molar-refractivity contribution in [1.82, 2.24) is 9.78 Å². The second-order valence-electron chi connectivity index (χ2n) is 4.35. The summed E-state index contributed by atoms with van der Waals surface area (Å²) in [6.07, 6.45) is 0.355. The first-order valence-electron chi connectivity index (χ1n) is 5.07. The highest BCUT2D eigenvalue weighted by atomic mass is 19.3. The van der Waals surface area contributed by atoms with E-state index in [1.165, 1.54) is 0 Å². The van der Waals surface area contributed by atoms with Gasteiger partial charge in [-0.05, 0) is 12.3 Å². The fourth-order valence-electron chi connectivity index (χ4n) is 2.59. The number of carboxylic acid groups (broad SMARTS) is 1. The number of nitrogens with zero attached hydrogens (tertiary/aromatic N) is 3. The number of hydrogen-bond acceptors (Lipinski definition) is 3. The van der Waals surface area contributed by atoms with E-state index in [1.807, 2.05) is 0 Å². The smallest absolute Gasteiger partial charge is 0.325 e. The highest BCUT2D eigenvalue weighted by Crippen LogP contribution is 2.67. The van der Waals surface area contributed by atoms with Gasteiger partial charge in [-0.1, -0.05) is 0 Å². The van der Waals surface area contributed by atoms with Crippen molar-refractivity contribution in [3.63, 3.8) is 0 Å². The van der Waals surface area contributed by atoms with Gasteiger partial charge in [0.25, 0.3) is 5.92 Å². The lowest BCUT2D eigenvalue weighted by molar-refractivity contribution is -0.138. The van der Waals surface area contributed by atoms with Gasteiger partial charge in [0.1, 0.15) is 18.3 Å². The lowest BCUT2D eigenvalue weighted by Gasteiger charge is -2.14. The van der Waals surface area contributed by atoms with Gasteiger partial charge in [-0.25, -0.2) is 0 Å². The molecule has 0 aliphatic heterocycles. The number of aromatic nitrogens is 2. The number of fused-ring (bicyclic) bond motifs is 3. The second-order valence-corrected chi connectivity index (χ2v) is 4.35. The van der Waals surface area contributed by atoms with Crippen LogP contribution in [0.4, 0.5) is 8.78 Å². The van der Waals surface area contributed by atoms with Crippen LogP contribution in [0.1, 0.15) is 29.3 Å². The van der Waals surface area contributed by atoms with E-state index >= 15 is 0 Å². The molecule has 88 valence electrons. The Hall–Kier alpha value is -1.97. The molecule has 0 spiro atoms. The van der Waals surface area contributed by atoms with E-state index in [1.54, 1.807) is 6.07 Å². The number of aliphatic carboxylic acids is 1. The van der Waals surface area contributed by atoms with Gasteiger partial charge >= 0.3 is 5.97 Å². The average molecular weight is 239 g/mol. The maximum atomic E-state index is 13.9. The molecule has 2 aliphatic rings. The Labute approximate surface area is 94.3 Å². The summed E-state index contributed by atoms with van der Waals surface area (Å²) in [6, 6.07) is 1.76. The summed E-state index contributed by atoms with van der Waals surface area (Å²) in [5.74, 6) is -5.41. The minimum absolute atomic E-state index is 0.0640. The maximum Gasteiger partial charge on any atom is 0.325 e. The quantitative estimate of drug-likeness (QED) is 0.836. The molecule has 0 radical (unpaired) electrons. The SMILES string of the molecule is N#Cc1nn(CC(=O)O)c2c1[C@H]1CC1C2(F)F.